The van der Waals surface area contributed by atoms with Crippen molar-refractivity contribution in [2.45, 2.75) is 6.92 Å². The van der Waals surface area contributed by atoms with Crippen LogP contribution in [0.4, 0.5) is 0 Å². The number of hydrogen-bond donors (Lipinski definition) is 0. The summed E-state index contributed by atoms with van der Waals surface area (Å²) in [6, 6.07) is 0. The average molecular weight is 126 g/mol. The second-order valence-corrected chi connectivity index (χ2v) is 0.492. The zero-order chi connectivity index (χ0) is 5.58. The van der Waals surface area contributed by atoms with Gasteiger partial charge in [0.05, 0.1) is 0 Å². The van der Waals surface area contributed by atoms with Gasteiger partial charge in [0.25, 0.3) is 0 Å². The van der Waals surface area contributed by atoms with Crippen LogP contribution in [0.5, 0.6) is 0 Å². The molecule has 0 aromatic carbocycles. The largest absolute Gasteiger partial charge is 0.550 e. The Kier molecular flexibility index (Phi) is 14.4. The fourth-order valence-electron chi connectivity index (χ4n) is 0. The van der Waals surface area contributed by atoms with Gasteiger partial charge in [0.2, 0.25) is 0 Å². The molecule has 0 spiro atoms. The Hall–Kier alpha value is 0.330. The average Bonchev–Trinajstić information content (AvgIpc) is 1.41. The van der Waals surface area contributed by atoms with E-state index in [1.54, 1.807) is 8.93 Å². The fraction of sp³-hybridized carbons (Fsp3) is 0.500. The molecule has 0 rings (SSSR count). The summed E-state index contributed by atoms with van der Waals surface area (Å²) in [5, 5.41) is 8.89. The Morgan fingerprint density at radius 2 is 1.83 bits per heavy atom. The number of aliphatic carboxylic acids is 1. The van der Waals surface area contributed by atoms with Crippen LogP contribution in [0, 0.1) is 0 Å². The summed E-state index contributed by atoms with van der Waals surface area (Å²) >= 11 is 0. The Morgan fingerprint density at radius 1 is 1.83 bits per heavy atom. The number of hydrogen-bond acceptors (Lipinski definition) is 2. The van der Waals surface area contributed by atoms with Gasteiger partial charge in [-0.3, -0.25) is 0 Å². The first-order valence-electron chi connectivity index (χ1n) is 1.32. The van der Waals surface area contributed by atoms with E-state index in [0.29, 0.717) is 0 Å². The maximum Gasteiger partial charge on any atom is 0.0383 e. The zero-order valence-corrected chi connectivity index (χ0v) is 6.17. The van der Waals surface area contributed by atoms with Gasteiger partial charge >= 0.3 is 0 Å². The van der Waals surface area contributed by atoms with Gasteiger partial charge < -0.3 is 9.90 Å². The highest BCUT2D eigenvalue weighted by Crippen LogP contribution is 1.86. The Labute approximate surface area is 41.6 Å². The summed E-state index contributed by atoms with van der Waals surface area (Å²) in [5.41, 5.74) is 0. The lowest BCUT2D eigenvalue weighted by molar-refractivity contribution is -0.302. The van der Waals surface area contributed by atoms with Gasteiger partial charge in [-0.25, -0.2) is 0 Å². The van der Waals surface area contributed by atoms with Crippen molar-refractivity contribution in [2.75, 3.05) is 0 Å². The topological polar surface area (TPSA) is 40.1 Å². The molecule has 2 nitrogen and oxygen atoms in total. The molecule has 2 unspecified atom stereocenters. The second-order valence-electron chi connectivity index (χ2n) is 0.492. The molecule has 0 fully saturated rings. The van der Waals surface area contributed by atoms with Gasteiger partial charge in [0.1, 0.15) is 0 Å². The van der Waals surface area contributed by atoms with Crippen LogP contribution >= 0.6 is 17.9 Å². The van der Waals surface area contributed by atoms with Crippen molar-refractivity contribution >= 4 is 23.8 Å². The van der Waals surface area contributed by atoms with E-state index in [2.05, 4.69) is 8.93 Å². The number of carboxylic acid groups (broad SMARTS) is 1. The van der Waals surface area contributed by atoms with Gasteiger partial charge in [-0.05, 0) is 15.9 Å². The SMILES string of the molecule is CC(=O)[O-].P[PH3+]. The maximum atomic E-state index is 8.89. The first-order valence-corrected chi connectivity index (χ1v) is 4.58. The summed E-state index contributed by atoms with van der Waals surface area (Å²) in [5.74, 6) is -1.08. The molecular weight excluding hydrogens is 118 g/mol. The van der Waals surface area contributed by atoms with E-state index in [9.17, 15) is 0 Å². The van der Waals surface area contributed by atoms with Gasteiger partial charge in [-0.2, -0.15) is 0 Å². The molecule has 0 aliphatic carbocycles. The molecule has 0 aliphatic heterocycles. The van der Waals surface area contributed by atoms with Crippen LogP contribution in [-0.4, -0.2) is 5.97 Å². The van der Waals surface area contributed by atoms with Crippen molar-refractivity contribution in [1.29, 1.82) is 0 Å². The second kappa shape index (κ2) is 9.01. The minimum absolute atomic E-state index is 0.972. The van der Waals surface area contributed by atoms with Gasteiger partial charge in [0, 0.05) is 14.9 Å². The van der Waals surface area contributed by atoms with E-state index in [1.165, 1.54) is 0 Å². The third-order valence-electron chi connectivity index (χ3n) is 0. The Bertz CT molecular complexity index is 32.5. The highest BCUT2D eigenvalue weighted by Gasteiger charge is 1.46. The Balaban J connectivity index is 0. The smallest absolute Gasteiger partial charge is 0.0383 e. The van der Waals surface area contributed by atoms with E-state index >= 15 is 0 Å². The van der Waals surface area contributed by atoms with E-state index in [0.717, 1.165) is 6.92 Å². The van der Waals surface area contributed by atoms with Crippen LogP contribution in [0.3, 0.4) is 0 Å². The molecule has 0 heterocycles. The monoisotopic (exact) mass is 126 g/mol. The van der Waals surface area contributed by atoms with E-state index in [1.807, 2.05) is 0 Å². The lowest BCUT2D eigenvalue weighted by atomic mass is 10.9. The van der Waals surface area contributed by atoms with Crippen molar-refractivity contribution in [3.05, 3.63) is 0 Å². The number of carbonyl (C=O) groups is 1. The maximum absolute atomic E-state index is 8.89. The van der Waals surface area contributed by atoms with Crippen molar-refractivity contribution in [3.63, 3.8) is 0 Å². The molecule has 0 bridgehead atoms. The molecule has 0 saturated heterocycles. The minimum Gasteiger partial charge on any atom is -0.550 e. The highest BCUT2D eigenvalue weighted by atomic mass is 32.0. The predicted octanol–water partition coefficient (Wildman–Crippen LogP) is -0.860. The van der Waals surface area contributed by atoms with Crippen LogP contribution in [0.2, 0.25) is 0 Å². The van der Waals surface area contributed by atoms with Crippen LogP contribution in [-0.2, 0) is 4.79 Å². The predicted molar refractivity (Wildman–Crippen MR) is 31.5 cm³/mol. The van der Waals surface area contributed by atoms with Gasteiger partial charge in [-0.15, -0.1) is 0 Å². The van der Waals surface area contributed by atoms with Crippen LogP contribution in [0.25, 0.3) is 0 Å². The molecule has 0 saturated carbocycles. The molecule has 0 radical (unpaired) electrons. The molecule has 38 valence electrons. The first-order chi connectivity index (χ1) is 2.73. The van der Waals surface area contributed by atoms with E-state index < -0.39 is 5.97 Å². The molecular formula is C2H8O2P2. The quantitative estimate of drug-likeness (QED) is 0.396. The standard InChI is InChI=1S/C2H4O2.H4P2/c1-2(3)4;1-2/h1H3,(H,3,4);1-2H2. The van der Waals surface area contributed by atoms with Crippen LogP contribution < -0.4 is 5.11 Å². The molecule has 4 heteroatoms. The number of carboxylic acids is 1. The minimum atomic E-state index is -1.08. The molecule has 2 atom stereocenters. The molecule has 0 aliphatic rings. The van der Waals surface area contributed by atoms with Crippen molar-refractivity contribution in [2.24, 2.45) is 0 Å². The van der Waals surface area contributed by atoms with Crippen molar-refractivity contribution in [3.8, 4) is 0 Å². The van der Waals surface area contributed by atoms with Crippen LogP contribution in [0.15, 0.2) is 0 Å². The zero-order valence-electron chi connectivity index (χ0n) is 3.60. The number of rotatable bonds is 0. The lowest BCUT2D eigenvalue weighted by Crippen LogP contribution is -2.16. The molecule has 0 aromatic heterocycles. The normalized spacial score (nSPS) is 5.67. The molecule has 0 N–H and O–H groups in total. The summed E-state index contributed by atoms with van der Waals surface area (Å²) in [6.07, 6.45) is 0. The lowest BCUT2D eigenvalue weighted by Gasteiger charge is -1.77. The molecule has 6 heavy (non-hydrogen) atoms. The summed E-state index contributed by atoms with van der Waals surface area (Å²) in [4.78, 5) is 8.89. The number of carbonyl (C=O) groups excluding carboxylic acids is 1. The van der Waals surface area contributed by atoms with Gasteiger partial charge in [-0.1, -0.05) is 0 Å². The van der Waals surface area contributed by atoms with E-state index in [4.69, 9.17) is 9.90 Å². The third kappa shape index (κ3) is 441. The van der Waals surface area contributed by atoms with Crippen molar-refractivity contribution in [1.82, 2.24) is 0 Å². The van der Waals surface area contributed by atoms with Crippen LogP contribution in [0.1, 0.15) is 6.92 Å². The summed E-state index contributed by atoms with van der Waals surface area (Å²) in [6.45, 7) is 0.972. The Morgan fingerprint density at radius 3 is 1.83 bits per heavy atom. The summed E-state index contributed by atoms with van der Waals surface area (Å²) < 4.78 is 0. The highest BCUT2D eigenvalue weighted by molar-refractivity contribution is 7.92. The first kappa shape index (κ1) is 9.59. The molecule has 0 amide bonds. The van der Waals surface area contributed by atoms with E-state index in [-0.39, 0.29) is 0 Å². The third-order valence-corrected chi connectivity index (χ3v) is 0. The molecule has 0 aromatic rings. The van der Waals surface area contributed by atoms with Crippen molar-refractivity contribution < 1.29 is 9.90 Å². The van der Waals surface area contributed by atoms with Gasteiger partial charge in [0.15, 0.2) is 0 Å². The fourth-order valence-corrected chi connectivity index (χ4v) is 0. The summed E-state index contributed by atoms with van der Waals surface area (Å²) in [7, 11) is 4.22.